The highest BCUT2D eigenvalue weighted by Gasteiger charge is 2.16. The number of aryl methyl sites for hydroxylation is 2. The number of amides is 1. The zero-order chi connectivity index (χ0) is 14.0. The highest BCUT2D eigenvalue weighted by atomic mass is 35.5. The van der Waals surface area contributed by atoms with Crippen LogP contribution in [0.15, 0.2) is 24.5 Å². The van der Waals surface area contributed by atoms with Crippen LogP contribution < -0.4 is 11.1 Å². The van der Waals surface area contributed by atoms with Crippen molar-refractivity contribution >= 4 is 35.3 Å². The van der Waals surface area contributed by atoms with E-state index in [1.807, 2.05) is 6.92 Å². The molecule has 0 fully saturated rings. The number of nitrogens with zero attached hydrogens (tertiary/aromatic N) is 1. The Labute approximate surface area is 128 Å². The van der Waals surface area contributed by atoms with E-state index in [1.54, 1.807) is 23.6 Å². The Kier molecular flexibility index (Phi) is 5.53. The molecule has 0 saturated carbocycles. The van der Waals surface area contributed by atoms with E-state index in [0.717, 1.165) is 5.56 Å². The molecule has 1 atom stereocenters. The number of hydrogen-bond acceptors (Lipinski definition) is 4. The molecule has 3 N–H and O–H groups in total. The number of nitrogens with one attached hydrogen (secondary N) is 1. The largest absolute Gasteiger partial charge is 0.398 e. The number of pyridine rings is 1. The van der Waals surface area contributed by atoms with Crippen molar-refractivity contribution in [2.24, 2.45) is 0 Å². The fourth-order valence-corrected chi connectivity index (χ4v) is 3.05. The van der Waals surface area contributed by atoms with Gasteiger partial charge in [0.15, 0.2) is 0 Å². The molecule has 2 aromatic rings. The van der Waals surface area contributed by atoms with Crippen molar-refractivity contribution in [2.45, 2.75) is 26.8 Å². The molecule has 0 radical (unpaired) electrons. The molecule has 2 aromatic heterocycles. The van der Waals surface area contributed by atoms with E-state index in [0.29, 0.717) is 11.3 Å². The maximum Gasteiger partial charge on any atom is 0.255 e. The molecule has 2 rings (SSSR count). The monoisotopic (exact) mass is 311 g/mol. The quantitative estimate of drug-likeness (QED) is 0.914. The molecule has 0 aliphatic heterocycles. The van der Waals surface area contributed by atoms with Gasteiger partial charge in [-0.15, -0.1) is 23.7 Å². The molecule has 0 bridgehead atoms. The highest BCUT2D eigenvalue weighted by Crippen LogP contribution is 2.26. The van der Waals surface area contributed by atoms with Gasteiger partial charge in [-0.25, -0.2) is 0 Å². The van der Waals surface area contributed by atoms with Crippen molar-refractivity contribution in [3.8, 4) is 0 Å². The maximum atomic E-state index is 12.1. The van der Waals surface area contributed by atoms with Crippen LogP contribution in [-0.4, -0.2) is 10.9 Å². The zero-order valence-electron chi connectivity index (χ0n) is 11.6. The van der Waals surface area contributed by atoms with Crippen molar-refractivity contribution in [1.29, 1.82) is 0 Å². The highest BCUT2D eigenvalue weighted by molar-refractivity contribution is 7.12. The van der Waals surface area contributed by atoms with E-state index < -0.39 is 0 Å². The van der Waals surface area contributed by atoms with Crippen molar-refractivity contribution in [3.05, 3.63) is 45.4 Å². The number of anilines is 1. The smallest absolute Gasteiger partial charge is 0.255 e. The number of rotatable bonds is 3. The Morgan fingerprint density at radius 2 is 2.15 bits per heavy atom. The summed E-state index contributed by atoms with van der Waals surface area (Å²) in [6, 6.07) is 3.69. The van der Waals surface area contributed by atoms with Gasteiger partial charge in [-0.05, 0) is 38.5 Å². The predicted octanol–water partition coefficient (Wildman–Crippen LogP) is 3.25. The molecule has 4 nitrogen and oxygen atoms in total. The molecule has 1 amide bonds. The number of nitrogens with two attached hydrogens (primary N) is 1. The van der Waals surface area contributed by atoms with Gasteiger partial charge in [0.05, 0.1) is 11.6 Å². The summed E-state index contributed by atoms with van der Waals surface area (Å²) in [5.74, 6) is -0.193. The topological polar surface area (TPSA) is 68.0 Å². The van der Waals surface area contributed by atoms with Gasteiger partial charge in [-0.1, -0.05) is 0 Å². The third kappa shape index (κ3) is 3.49. The van der Waals surface area contributed by atoms with Crippen LogP contribution >= 0.6 is 23.7 Å². The van der Waals surface area contributed by atoms with Crippen molar-refractivity contribution < 1.29 is 4.79 Å². The second-order valence-corrected chi connectivity index (χ2v) is 5.99. The molecule has 20 heavy (non-hydrogen) atoms. The van der Waals surface area contributed by atoms with Crippen LogP contribution in [0.4, 0.5) is 5.69 Å². The molecule has 6 heteroatoms. The van der Waals surface area contributed by atoms with Crippen LogP contribution in [0.5, 0.6) is 0 Å². The number of nitrogen functional groups attached to an aromatic ring is 1. The minimum Gasteiger partial charge on any atom is -0.398 e. The third-order valence-electron chi connectivity index (χ3n) is 2.99. The van der Waals surface area contributed by atoms with Crippen LogP contribution in [0.25, 0.3) is 0 Å². The number of halogens is 1. The molecular formula is C14H18ClN3OS. The summed E-state index contributed by atoms with van der Waals surface area (Å²) in [6.07, 6.45) is 3.06. The first kappa shape index (κ1) is 16.5. The Morgan fingerprint density at radius 1 is 1.45 bits per heavy atom. The van der Waals surface area contributed by atoms with E-state index in [1.165, 1.54) is 16.0 Å². The third-order valence-corrected chi connectivity index (χ3v) is 3.97. The van der Waals surface area contributed by atoms with E-state index in [4.69, 9.17) is 5.73 Å². The summed E-state index contributed by atoms with van der Waals surface area (Å²) in [6.45, 7) is 6.10. The van der Waals surface area contributed by atoms with Gasteiger partial charge < -0.3 is 11.1 Å². The summed E-state index contributed by atoms with van der Waals surface area (Å²) in [7, 11) is 0. The Balaban J connectivity index is 0.00000200. The predicted molar refractivity (Wildman–Crippen MR) is 85.6 cm³/mol. The maximum absolute atomic E-state index is 12.1. The van der Waals surface area contributed by atoms with Crippen molar-refractivity contribution in [3.63, 3.8) is 0 Å². The van der Waals surface area contributed by atoms with Crippen LogP contribution in [0.3, 0.4) is 0 Å². The van der Waals surface area contributed by atoms with Gasteiger partial charge in [0, 0.05) is 27.8 Å². The molecule has 1 unspecified atom stereocenters. The molecule has 108 valence electrons. The van der Waals surface area contributed by atoms with Crippen LogP contribution in [0.1, 0.15) is 38.6 Å². The summed E-state index contributed by atoms with van der Waals surface area (Å²) < 4.78 is 0. The Hall–Kier alpha value is -1.59. The lowest BCUT2D eigenvalue weighted by Gasteiger charge is -2.14. The van der Waals surface area contributed by atoms with Gasteiger partial charge >= 0.3 is 0 Å². The summed E-state index contributed by atoms with van der Waals surface area (Å²) in [5, 5.41) is 2.96. The lowest BCUT2D eigenvalue weighted by Crippen LogP contribution is -2.27. The molecule has 0 saturated heterocycles. The fraction of sp³-hybridized carbons (Fsp3) is 0.286. The van der Waals surface area contributed by atoms with Crippen molar-refractivity contribution in [2.75, 3.05) is 5.73 Å². The molecule has 0 aliphatic rings. The van der Waals surface area contributed by atoms with Crippen LogP contribution in [0, 0.1) is 13.8 Å². The Bertz CT molecular complexity index is 612. The molecule has 0 spiro atoms. The first-order chi connectivity index (χ1) is 8.99. The number of aromatic nitrogens is 1. The minimum atomic E-state index is -0.193. The molecule has 0 aromatic carbocycles. The Morgan fingerprint density at radius 3 is 2.70 bits per heavy atom. The van der Waals surface area contributed by atoms with Crippen LogP contribution in [-0.2, 0) is 0 Å². The minimum absolute atomic E-state index is 0. The van der Waals surface area contributed by atoms with Gasteiger partial charge in [0.25, 0.3) is 5.91 Å². The average molecular weight is 312 g/mol. The second kappa shape index (κ2) is 6.72. The number of hydrogen-bond donors (Lipinski definition) is 2. The first-order valence-corrected chi connectivity index (χ1v) is 6.88. The van der Waals surface area contributed by atoms with E-state index >= 15 is 0 Å². The van der Waals surface area contributed by atoms with Gasteiger partial charge in [-0.3, -0.25) is 9.78 Å². The number of carbonyl (C=O) groups is 1. The van der Waals surface area contributed by atoms with Gasteiger partial charge in [0.1, 0.15) is 0 Å². The molecule has 0 aliphatic carbocycles. The average Bonchev–Trinajstić information content (AvgIpc) is 2.69. The van der Waals surface area contributed by atoms with E-state index in [-0.39, 0.29) is 24.4 Å². The SMILES string of the molecule is Cc1cc(C(C)NC(=O)c2cnccc2N)c(C)s1.Cl. The second-order valence-electron chi connectivity index (χ2n) is 4.53. The fourth-order valence-electron chi connectivity index (χ4n) is 2.03. The normalized spacial score (nSPS) is 11.6. The van der Waals surface area contributed by atoms with Gasteiger partial charge in [0.2, 0.25) is 0 Å². The van der Waals surface area contributed by atoms with Gasteiger partial charge in [-0.2, -0.15) is 0 Å². The summed E-state index contributed by atoms with van der Waals surface area (Å²) in [4.78, 5) is 18.5. The summed E-state index contributed by atoms with van der Waals surface area (Å²) in [5.41, 5.74) is 7.78. The van der Waals surface area contributed by atoms with E-state index in [9.17, 15) is 4.79 Å². The number of carbonyl (C=O) groups excluding carboxylic acids is 1. The van der Waals surface area contributed by atoms with E-state index in [2.05, 4.69) is 30.2 Å². The molecule has 2 heterocycles. The number of thiophene rings is 1. The lowest BCUT2D eigenvalue weighted by molar-refractivity contribution is 0.0940. The lowest BCUT2D eigenvalue weighted by atomic mass is 10.1. The molecular weight excluding hydrogens is 294 g/mol. The zero-order valence-corrected chi connectivity index (χ0v) is 13.3. The first-order valence-electron chi connectivity index (χ1n) is 6.06. The summed E-state index contributed by atoms with van der Waals surface area (Å²) >= 11 is 1.74. The standard InChI is InChI=1S/C14H17N3OS.ClH/c1-8-6-11(10(3)19-8)9(2)17-14(18)12-7-16-5-4-13(12)15;/h4-7,9H,1-3H3,(H2,15,16)(H,17,18);1H. The van der Waals surface area contributed by atoms with Crippen LogP contribution in [0.2, 0.25) is 0 Å². The van der Waals surface area contributed by atoms with Crippen molar-refractivity contribution in [1.82, 2.24) is 10.3 Å².